The zero-order valence-electron chi connectivity index (χ0n) is 10.1. The highest BCUT2D eigenvalue weighted by Crippen LogP contribution is 2.29. The monoisotopic (exact) mass is 358 g/mol. The molecule has 0 atom stereocenters. The Morgan fingerprint density at radius 1 is 1.20 bits per heavy atom. The van der Waals surface area contributed by atoms with Crippen LogP contribution in [0.25, 0.3) is 0 Å². The van der Waals surface area contributed by atoms with Gasteiger partial charge in [-0.25, -0.2) is 13.6 Å². The lowest BCUT2D eigenvalue weighted by Crippen LogP contribution is -1.97. The third kappa shape index (κ3) is 3.58. The van der Waals surface area contributed by atoms with E-state index in [1.165, 1.54) is 24.3 Å². The first-order valence-electron chi connectivity index (χ1n) is 5.57. The van der Waals surface area contributed by atoms with Crippen molar-refractivity contribution in [1.82, 2.24) is 0 Å². The second kappa shape index (κ2) is 6.37. The molecule has 0 aliphatic rings. The van der Waals surface area contributed by atoms with Gasteiger partial charge in [0, 0.05) is 15.1 Å². The number of benzene rings is 2. The first-order chi connectivity index (χ1) is 9.47. The minimum Gasteiger partial charge on any atom is -0.478 e. The van der Waals surface area contributed by atoms with E-state index >= 15 is 0 Å². The van der Waals surface area contributed by atoms with Gasteiger partial charge < -0.3 is 5.11 Å². The van der Waals surface area contributed by atoms with E-state index in [0.29, 0.717) is 10.2 Å². The molecule has 0 aromatic heterocycles. The molecule has 0 aliphatic heterocycles. The van der Waals surface area contributed by atoms with Crippen molar-refractivity contribution in [1.29, 1.82) is 0 Å². The Bertz CT molecular complexity index is 662. The number of hydrogen-bond donors (Lipinski definition) is 1. The molecule has 0 aliphatic carbocycles. The number of carboxylic acid groups (broad SMARTS) is 1. The van der Waals surface area contributed by atoms with Crippen LogP contribution in [0.2, 0.25) is 0 Å². The van der Waals surface area contributed by atoms with Gasteiger partial charge in [0.2, 0.25) is 0 Å². The summed E-state index contributed by atoms with van der Waals surface area (Å²) in [5, 5.41) is 8.88. The van der Waals surface area contributed by atoms with Crippen LogP contribution < -0.4 is 0 Å². The SMILES string of the molecule is O=C(O)c1ccc(F)c(SCc2ccc(F)cc2Br)c1. The minimum atomic E-state index is -1.10. The molecule has 0 saturated carbocycles. The molecule has 0 saturated heterocycles. The number of carbonyl (C=O) groups is 1. The van der Waals surface area contributed by atoms with Crippen molar-refractivity contribution in [3.63, 3.8) is 0 Å². The van der Waals surface area contributed by atoms with Gasteiger partial charge in [-0.2, -0.15) is 0 Å². The Labute approximate surface area is 126 Å². The molecular formula is C14H9BrF2O2S. The van der Waals surface area contributed by atoms with E-state index in [-0.39, 0.29) is 16.3 Å². The van der Waals surface area contributed by atoms with E-state index in [2.05, 4.69) is 15.9 Å². The molecule has 2 rings (SSSR count). The van der Waals surface area contributed by atoms with Gasteiger partial charge in [0.25, 0.3) is 0 Å². The summed E-state index contributed by atoms with van der Waals surface area (Å²) in [5.41, 5.74) is 0.837. The highest BCUT2D eigenvalue weighted by atomic mass is 79.9. The Hall–Kier alpha value is -1.40. The first kappa shape index (κ1) is 15.0. The van der Waals surface area contributed by atoms with Gasteiger partial charge in [-0.05, 0) is 35.9 Å². The predicted octanol–water partition coefficient (Wildman–Crippen LogP) is 4.72. The molecule has 20 heavy (non-hydrogen) atoms. The van der Waals surface area contributed by atoms with Crippen molar-refractivity contribution >= 4 is 33.7 Å². The highest BCUT2D eigenvalue weighted by Gasteiger charge is 2.10. The smallest absolute Gasteiger partial charge is 0.335 e. The molecule has 0 unspecified atom stereocenters. The summed E-state index contributed by atoms with van der Waals surface area (Å²) >= 11 is 4.40. The van der Waals surface area contributed by atoms with E-state index in [9.17, 15) is 13.6 Å². The van der Waals surface area contributed by atoms with Gasteiger partial charge in [-0.1, -0.05) is 22.0 Å². The Balaban J connectivity index is 2.18. The summed E-state index contributed by atoms with van der Waals surface area (Å²) in [6.07, 6.45) is 0. The van der Waals surface area contributed by atoms with Crippen molar-refractivity contribution in [2.24, 2.45) is 0 Å². The Morgan fingerprint density at radius 3 is 2.60 bits per heavy atom. The van der Waals surface area contributed by atoms with E-state index in [0.717, 1.165) is 23.4 Å². The lowest BCUT2D eigenvalue weighted by atomic mass is 10.2. The lowest BCUT2D eigenvalue weighted by molar-refractivity contribution is 0.0696. The number of aromatic carboxylic acids is 1. The summed E-state index contributed by atoms with van der Waals surface area (Å²) in [7, 11) is 0. The number of halogens is 3. The average Bonchev–Trinajstić information content (AvgIpc) is 2.39. The average molecular weight is 359 g/mol. The van der Waals surface area contributed by atoms with Gasteiger partial charge in [-0.3, -0.25) is 0 Å². The maximum Gasteiger partial charge on any atom is 0.335 e. The standard InChI is InChI=1S/C14H9BrF2O2S/c15-11-6-10(16)3-1-9(11)7-20-13-5-8(14(18)19)2-4-12(13)17/h1-6H,7H2,(H,18,19). The fourth-order valence-corrected chi connectivity index (χ4v) is 3.20. The molecule has 2 aromatic carbocycles. The number of carboxylic acids is 1. The first-order valence-corrected chi connectivity index (χ1v) is 7.35. The Kier molecular flexibility index (Phi) is 4.77. The fourth-order valence-electron chi connectivity index (χ4n) is 1.54. The largest absolute Gasteiger partial charge is 0.478 e. The van der Waals surface area contributed by atoms with Crippen LogP contribution in [-0.2, 0) is 5.75 Å². The third-order valence-corrected chi connectivity index (χ3v) is 4.39. The summed E-state index contributed by atoms with van der Waals surface area (Å²) in [6, 6.07) is 7.90. The van der Waals surface area contributed by atoms with Crippen molar-refractivity contribution < 1.29 is 18.7 Å². The quantitative estimate of drug-likeness (QED) is 0.803. The molecular weight excluding hydrogens is 350 g/mol. The molecule has 0 bridgehead atoms. The van der Waals surface area contributed by atoms with Crippen LogP contribution in [-0.4, -0.2) is 11.1 Å². The minimum absolute atomic E-state index is 0.0343. The van der Waals surface area contributed by atoms with Crippen molar-refractivity contribution in [3.05, 3.63) is 63.6 Å². The molecule has 1 N–H and O–H groups in total. The maximum absolute atomic E-state index is 13.6. The van der Waals surface area contributed by atoms with Crippen molar-refractivity contribution in [3.8, 4) is 0 Å². The normalized spacial score (nSPS) is 10.6. The summed E-state index contributed by atoms with van der Waals surface area (Å²) < 4.78 is 27.2. The fraction of sp³-hybridized carbons (Fsp3) is 0.0714. The number of thioether (sulfide) groups is 1. The van der Waals surface area contributed by atoms with E-state index in [1.807, 2.05) is 0 Å². The maximum atomic E-state index is 13.6. The molecule has 0 spiro atoms. The second-order valence-corrected chi connectivity index (χ2v) is 5.85. The van der Waals surface area contributed by atoms with Crippen molar-refractivity contribution in [2.75, 3.05) is 0 Å². The van der Waals surface area contributed by atoms with Crippen LogP contribution >= 0.6 is 27.7 Å². The highest BCUT2D eigenvalue weighted by molar-refractivity contribution is 9.10. The van der Waals surface area contributed by atoms with Crippen molar-refractivity contribution in [2.45, 2.75) is 10.6 Å². The number of rotatable bonds is 4. The summed E-state index contributed by atoms with van der Waals surface area (Å²) in [6.45, 7) is 0. The molecule has 0 heterocycles. The second-order valence-electron chi connectivity index (χ2n) is 3.97. The van der Waals surface area contributed by atoms with E-state index in [4.69, 9.17) is 5.11 Å². The number of hydrogen-bond acceptors (Lipinski definition) is 2. The van der Waals surface area contributed by atoms with Crippen LogP contribution in [0, 0.1) is 11.6 Å². The van der Waals surface area contributed by atoms with Crippen LogP contribution in [0.15, 0.2) is 45.8 Å². The molecule has 0 radical (unpaired) electrons. The summed E-state index contributed by atoms with van der Waals surface area (Å²) in [4.78, 5) is 11.1. The van der Waals surface area contributed by atoms with Gasteiger partial charge >= 0.3 is 5.97 Å². The molecule has 6 heteroatoms. The Morgan fingerprint density at radius 2 is 1.95 bits per heavy atom. The zero-order chi connectivity index (χ0) is 14.7. The molecule has 2 aromatic rings. The molecule has 2 nitrogen and oxygen atoms in total. The zero-order valence-corrected chi connectivity index (χ0v) is 12.5. The predicted molar refractivity (Wildman–Crippen MR) is 77.0 cm³/mol. The molecule has 104 valence electrons. The van der Waals surface area contributed by atoms with Gasteiger partial charge in [0.05, 0.1) is 5.56 Å². The molecule has 0 fully saturated rings. The van der Waals surface area contributed by atoms with E-state index in [1.54, 1.807) is 6.07 Å². The van der Waals surface area contributed by atoms with Gasteiger partial charge in [0.15, 0.2) is 0 Å². The van der Waals surface area contributed by atoms with Gasteiger partial charge in [-0.15, -0.1) is 11.8 Å². The van der Waals surface area contributed by atoms with Crippen LogP contribution in [0.3, 0.4) is 0 Å². The van der Waals surface area contributed by atoms with E-state index < -0.39 is 11.8 Å². The van der Waals surface area contributed by atoms with Crippen LogP contribution in [0.4, 0.5) is 8.78 Å². The summed E-state index contributed by atoms with van der Waals surface area (Å²) in [5.74, 6) is -1.53. The van der Waals surface area contributed by atoms with Crippen LogP contribution in [0.5, 0.6) is 0 Å². The lowest BCUT2D eigenvalue weighted by Gasteiger charge is -2.06. The van der Waals surface area contributed by atoms with Crippen LogP contribution in [0.1, 0.15) is 15.9 Å². The molecule has 0 amide bonds. The topological polar surface area (TPSA) is 37.3 Å². The third-order valence-electron chi connectivity index (χ3n) is 2.58. The van der Waals surface area contributed by atoms with Gasteiger partial charge in [0.1, 0.15) is 11.6 Å².